The number of nitrogens with one attached hydrogen (secondary N) is 1. The molecule has 2 saturated heterocycles. The molecular weight excluding hydrogens is 512 g/mol. The first-order chi connectivity index (χ1) is 20.0. The second-order valence-electron chi connectivity index (χ2n) is 11.1. The molecule has 2 aliphatic heterocycles. The molecule has 2 fully saturated rings. The van der Waals surface area contributed by atoms with E-state index in [1.54, 1.807) is 4.90 Å². The van der Waals surface area contributed by atoms with Crippen LogP contribution < -0.4 is 10.2 Å². The largest absolute Gasteiger partial charge is 0.350 e. The molecule has 5 rings (SSSR count). The number of hydrogen-bond donors (Lipinski definition) is 1. The number of carbonyl (C=O) groups excluding carboxylic acids is 3. The first-order valence-electron chi connectivity index (χ1n) is 14.8. The number of nitrogens with zero attached hydrogens (tertiary/aromatic N) is 3. The lowest BCUT2D eigenvalue weighted by Crippen LogP contribution is -2.57. The van der Waals surface area contributed by atoms with E-state index in [9.17, 15) is 14.4 Å². The summed E-state index contributed by atoms with van der Waals surface area (Å²) in [6, 6.07) is 27.6. The highest BCUT2D eigenvalue weighted by Crippen LogP contribution is 2.39. The van der Waals surface area contributed by atoms with Gasteiger partial charge in [0.2, 0.25) is 5.91 Å². The fourth-order valence-corrected chi connectivity index (χ4v) is 6.00. The van der Waals surface area contributed by atoms with Crippen LogP contribution in [0.15, 0.2) is 84.9 Å². The molecule has 7 nitrogen and oxygen atoms in total. The molecule has 3 aromatic rings. The molecule has 0 unspecified atom stereocenters. The van der Waals surface area contributed by atoms with Crippen molar-refractivity contribution in [1.82, 2.24) is 15.1 Å². The Balaban J connectivity index is 1.25. The van der Waals surface area contributed by atoms with Crippen molar-refractivity contribution in [2.45, 2.75) is 57.5 Å². The molecule has 2 heterocycles. The predicted molar refractivity (Wildman–Crippen MR) is 161 cm³/mol. The topological polar surface area (TPSA) is 73.0 Å². The lowest BCUT2D eigenvalue weighted by molar-refractivity contribution is -0.137. The first-order valence-corrected chi connectivity index (χ1v) is 14.8. The summed E-state index contributed by atoms with van der Waals surface area (Å²) in [4.78, 5) is 45.8. The van der Waals surface area contributed by atoms with Gasteiger partial charge in [-0.3, -0.25) is 14.4 Å². The standard InChI is InChI=1S/C34H40N4O3/c1-2-3-6-11-27-16-18-29(19-17-27)32(40)36-22-20-34(21-23-36)33(41)37(26-38(34)30-14-9-5-10-15-30)25-31(39)35-24-28-12-7-4-8-13-28/h4-5,7-10,12-19H,2-3,6,11,20-26H2,1H3,(H,35,39). The van der Waals surface area contributed by atoms with E-state index in [0.717, 1.165) is 24.1 Å². The fraction of sp³-hybridized carbons (Fsp3) is 0.382. The summed E-state index contributed by atoms with van der Waals surface area (Å²) in [6.07, 6.45) is 5.64. The highest BCUT2D eigenvalue weighted by atomic mass is 16.2. The average Bonchev–Trinajstić information content (AvgIpc) is 3.27. The maximum atomic E-state index is 14.0. The SMILES string of the molecule is CCCCCc1ccc(C(=O)N2CCC3(CC2)C(=O)N(CC(=O)NCc2ccccc2)CN3c2ccccc2)cc1. The second-order valence-corrected chi connectivity index (χ2v) is 11.1. The maximum absolute atomic E-state index is 14.0. The highest BCUT2D eigenvalue weighted by molar-refractivity contribution is 5.97. The molecule has 1 spiro atoms. The van der Waals surface area contributed by atoms with Crippen LogP contribution in [-0.4, -0.2) is 59.4 Å². The van der Waals surface area contributed by atoms with Crippen LogP contribution in [0.2, 0.25) is 0 Å². The predicted octanol–water partition coefficient (Wildman–Crippen LogP) is 5.02. The van der Waals surface area contributed by atoms with Crippen molar-refractivity contribution in [3.8, 4) is 0 Å². The van der Waals surface area contributed by atoms with Gasteiger partial charge in [0.25, 0.3) is 11.8 Å². The third kappa shape index (κ3) is 6.45. The first kappa shape index (κ1) is 28.4. The van der Waals surface area contributed by atoms with Crippen LogP contribution in [0.25, 0.3) is 0 Å². The van der Waals surface area contributed by atoms with E-state index in [2.05, 4.69) is 29.3 Å². The van der Waals surface area contributed by atoms with Gasteiger partial charge in [-0.2, -0.15) is 0 Å². The van der Waals surface area contributed by atoms with Crippen molar-refractivity contribution in [3.63, 3.8) is 0 Å². The van der Waals surface area contributed by atoms with E-state index < -0.39 is 5.54 Å². The zero-order valence-electron chi connectivity index (χ0n) is 23.9. The summed E-state index contributed by atoms with van der Waals surface area (Å²) in [5.74, 6) is -0.216. The van der Waals surface area contributed by atoms with Crippen molar-refractivity contribution in [2.24, 2.45) is 0 Å². The number of anilines is 1. The van der Waals surface area contributed by atoms with E-state index >= 15 is 0 Å². The number of aryl methyl sites for hydroxylation is 1. The number of rotatable bonds is 10. The molecule has 214 valence electrons. The summed E-state index contributed by atoms with van der Waals surface area (Å²) in [7, 11) is 0. The molecule has 0 aliphatic carbocycles. The van der Waals surface area contributed by atoms with Gasteiger partial charge < -0.3 is 20.0 Å². The van der Waals surface area contributed by atoms with Crippen LogP contribution in [0.1, 0.15) is 60.5 Å². The minimum Gasteiger partial charge on any atom is -0.350 e. The van der Waals surface area contributed by atoms with Crippen molar-refractivity contribution in [3.05, 3.63) is 102 Å². The molecule has 0 bridgehead atoms. The molecule has 0 atom stereocenters. The number of para-hydroxylation sites is 1. The minimum absolute atomic E-state index is 0.00397. The van der Waals surface area contributed by atoms with Gasteiger partial charge in [-0.05, 0) is 61.1 Å². The van der Waals surface area contributed by atoms with E-state index in [1.807, 2.05) is 77.7 Å². The van der Waals surface area contributed by atoms with Crippen LogP contribution in [0.3, 0.4) is 0 Å². The molecule has 2 aliphatic rings. The molecule has 7 heteroatoms. The van der Waals surface area contributed by atoms with Crippen molar-refractivity contribution in [1.29, 1.82) is 0 Å². The van der Waals surface area contributed by atoms with Gasteiger partial charge in [0.05, 0.1) is 6.67 Å². The lowest BCUT2D eigenvalue weighted by atomic mass is 9.85. The number of amides is 3. The van der Waals surface area contributed by atoms with Crippen LogP contribution in [0.4, 0.5) is 5.69 Å². The van der Waals surface area contributed by atoms with Crippen molar-refractivity contribution < 1.29 is 14.4 Å². The molecule has 1 N–H and O–H groups in total. The Morgan fingerprint density at radius 2 is 1.49 bits per heavy atom. The summed E-state index contributed by atoms with van der Waals surface area (Å²) in [5.41, 5.74) is 3.14. The van der Waals surface area contributed by atoms with Gasteiger partial charge in [0.1, 0.15) is 12.1 Å². The zero-order chi connectivity index (χ0) is 28.7. The monoisotopic (exact) mass is 552 g/mol. The van der Waals surface area contributed by atoms with Gasteiger partial charge in [-0.25, -0.2) is 0 Å². The van der Waals surface area contributed by atoms with Crippen LogP contribution in [0.5, 0.6) is 0 Å². The van der Waals surface area contributed by atoms with Gasteiger partial charge in [-0.1, -0.05) is 80.4 Å². The molecule has 3 amide bonds. The van der Waals surface area contributed by atoms with E-state index in [0.29, 0.717) is 44.7 Å². The minimum atomic E-state index is -0.777. The van der Waals surface area contributed by atoms with Crippen LogP contribution in [0, 0.1) is 0 Å². The van der Waals surface area contributed by atoms with E-state index in [-0.39, 0.29) is 24.3 Å². The Labute approximate surface area is 243 Å². The molecule has 3 aromatic carbocycles. The lowest BCUT2D eigenvalue weighted by Gasteiger charge is -2.43. The summed E-state index contributed by atoms with van der Waals surface area (Å²) >= 11 is 0. The fourth-order valence-electron chi connectivity index (χ4n) is 6.00. The summed E-state index contributed by atoms with van der Waals surface area (Å²) in [5, 5.41) is 2.95. The van der Waals surface area contributed by atoms with Gasteiger partial charge in [0, 0.05) is 30.9 Å². The molecule has 0 aromatic heterocycles. The van der Waals surface area contributed by atoms with Gasteiger partial charge in [0.15, 0.2) is 0 Å². The third-order valence-corrected chi connectivity index (χ3v) is 8.40. The maximum Gasteiger partial charge on any atom is 0.253 e. The summed E-state index contributed by atoms with van der Waals surface area (Å²) < 4.78 is 0. The highest BCUT2D eigenvalue weighted by Gasteiger charge is 2.54. The molecule has 0 saturated carbocycles. The Hall–Kier alpha value is -4.13. The third-order valence-electron chi connectivity index (χ3n) is 8.40. The Morgan fingerprint density at radius 3 is 2.15 bits per heavy atom. The van der Waals surface area contributed by atoms with Gasteiger partial charge >= 0.3 is 0 Å². The van der Waals surface area contributed by atoms with Crippen LogP contribution in [-0.2, 0) is 22.6 Å². The Morgan fingerprint density at radius 1 is 0.829 bits per heavy atom. The molecule has 41 heavy (non-hydrogen) atoms. The number of benzene rings is 3. The van der Waals surface area contributed by atoms with Crippen molar-refractivity contribution >= 4 is 23.4 Å². The normalized spacial score (nSPS) is 16.3. The van der Waals surface area contributed by atoms with Gasteiger partial charge in [-0.15, -0.1) is 0 Å². The Kier molecular flexibility index (Phi) is 9.02. The van der Waals surface area contributed by atoms with E-state index in [4.69, 9.17) is 0 Å². The second kappa shape index (κ2) is 13.0. The molecule has 0 radical (unpaired) electrons. The zero-order valence-corrected chi connectivity index (χ0v) is 23.9. The Bertz CT molecular complexity index is 1320. The molecular formula is C34H40N4O3. The number of hydrogen-bond acceptors (Lipinski definition) is 4. The number of carbonyl (C=O) groups is 3. The number of unbranched alkanes of at least 4 members (excludes halogenated alkanes) is 2. The summed E-state index contributed by atoms with van der Waals surface area (Å²) in [6.45, 7) is 3.94. The number of likely N-dealkylation sites (tertiary alicyclic amines) is 1. The number of piperidine rings is 1. The smallest absolute Gasteiger partial charge is 0.253 e. The van der Waals surface area contributed by atoms with E-state index in [1.165, 1.54) is 18.4 Å². The van der Waals surface area contributed by atoms with Crippen LogP contribution >= 0.6 is 0 Å². The van der Waals surface area contributed by atoms with Crippen molar-refractivity contribution in [2.75, 3.05) is 31.2 Å². The quantitative estimate of drug-likeness (QED) is 0.359. The average molecular weight is 553 g/mol.